The van der Waals surface area contributed by atoms with E-state index >= 15 is 0 Å². The molecule has 0 fully saturated rings. The number of para-hydroxylation sites is 1. The van der Waals surface area contributed by atoms with Crippen molar-refractivity contribution in [2.45, 2.75) is 26.2 Å². The second-order valence-corrected chi connectivity index (χ2v) is 7.51. The molecular formula is C19H22N8O. The number of hydrogen-bond donors (Lipinski definition) is 2. The van der Waals surface area contributed by atoms with Crippen molar-refractivity contribution in [1.82, 2.24) is 20.0 Å². The molecule has 0 aliphatic rings. The van der Waals surface area contributed by atoms with Gasteiger partial charge in [-0.15, -0.1) is 10.2 Å². The Labute approximate surface area is 162 Å². The third-order valence-corrected chi connectivity index (χ3v) is 4.14. The topological polar surface area (TPSA) is 98.8 Å². The van der Waals surface area contributed by atoms with Crippen LogP contribution in [-0.4, -0.2) is 34.1 Å². The van der Waals surface area contributed by atoms with Crippen LogP contribution in [0.15, 0.2) is 45.4 Å². The Morgan fingerprint density at radius 3 is 2.43 bits per heavy atom. The molecule has 0 aliphatic carbocycles. The Morgan fingerprint density at radius 2 is 1.86 bits per heavy atom. The maximum Gasteiger partial charge on any atom is 0.301 e. The molecule has 9 heteroatoms. The Balaban J connectivity index is 2.09. The fourth-order valence-electron chi connectivity index (χ4n) is 2.70. The highest BCUT2D eigenvalue weighted by Crippen LogP contribution is 2.37. The standard InChI is InChI=1S/C19H22N8O/c1-19(2,3)15-13(20-4)16(24-22-15)23-21-14-17(26(5)6)25-27(18(14)28)12-10-8-7-9-11-12/h7-11,25H,1-3,5-6H3,(H,22,24). The number of aromatic nitrogens is 4. The molecule has 0 bridgehead atoms. The first kappa shape index (κ1) is 19.1. The zero-order chi connectivity index (χ0) is 20.5. The lowest BCUT2D eigenvalue weighted by atomic mass is 9.91. The normalized spacial score (nSPS) is 11.7. The van der Waals surface area contributed by atoms with Gasteiger partial charge in [-0.25, -0.2) is 9.53 Å². The maximum absolute atomic E-state index is 12.9. The first-order valence-electron chi connectivity index (χ1n) is 8.70. The van der Waals surface area contributed by atoms with Gasteiger partial charge >= 0.3 is 5.56 Å². The van der Waals surface area contributed by atoms with Crippen molar-refractivity contribution in [2.75, 3.05) is 19.0 Å². The molecule has 2 heterocycles. The van der Waals surface area contributed by atoms with E-state index in [1.54, 1.807) is 19.0 Å². The summed E-state index contributed by atoms with van der Waals surface area (Å²) in [6.07, 6.45) is 0. The highest BCUT2D eigenvalue weighted by atomic mass is 16.1. The van der Waals surface area contributed by atoms with Crippen LogP contribution in [0.4, 0.5) is 23.0 Å². The summed E-state index contributed by atoms with van der Waals surface area (Å²) < 4.78 is 1.41. The Kier molecular flexibility index (Phi) is 4.88. The number of azo groups is 1. The second kappa shape index (κ2) is 7.15. The molecule has 0 spiro atoms. The molecule has 0 radical (unpaired) electrons. The van der Waals surface area contributed by atoms with Gasteiger partial charge in [-0.3, -0.25) is 15.0 Å². The largest absolute Gasteiger partial charge is 0.361 e. The number of H-pyrrole nitrogens is 2. The SMILES string of the molecule is [C-]#[N+]c1c(N=Nc2c(N(C)C)[nH]n(-c3ccccc3)c2=O)n[nH]c1C(C)(C)C. The van der Waals surface area contributed by atoms with Gasteiger partial charge < -0.3 is 4.90 Å². The number of anilines is 1. The van der Waals surface area contributed by atoms with Gasteiger partial charge in [0.05, 0.1) is 12.3 Å². The first-order valence-corrected chi connectivity index (χ1v) is 8.70. The average molecular weight is 378 g/mol. The number of nitrogens with one attached hydrogen (secondary N) is 2. The summed E-state index contributed by atoms with van der Waals surface area (Å²) in [7, 11) is 3.60. The zero-order valence-electron chi connectivity index (χ0n) is 16.5. The van der Waals surface area contributed by atoms with Crippen LogP contribution in [0.25, 0.3) is 10.5 Å². The summed E-state index contributed by atoms with van der Waals surface area (Å²) >= 11 is 0. The molecule has 0 aliphatic heterocycles. The van der Waals surface area contributed by atoms with E-state index < -0.39 is 0 Å². The van der Waals surface area contributed by atoms with E-state index in [-0.39, 0.29) is 22.5 Å². The third kappa shape index (κ3) is 3.44. The molecule has 144 valence electrons. The van der Waals surface area contributed by atoms with Crippen molar-refractivity contribution in [3.05, 3.63) is 57.8 Å². The number of rotatable bonds is 4. The first-order chi connectivity index (χ1) is 13.2. The van der Waals surface area contributed by atoms with E-state index in [1.807, 2.05) is 51.1 Å². The van der Waals surface area contributed by atoms with Gasteiger partial charge in [0.2, 0.25) is 5.82 Å². The predicted molar refractivity (Wildman–Crippen MR) is 108 cm³/mol. The fraction of sp³-hybridized carbons (Fsp3) is 0.316. The number of hydrogen-bond acceptors (Lipinski definition) is 5. The van der Waals surface area contributed by atoms with Crippen LogP contribution in [0.5, 0.6) is 0 Å². The molecule has 3 rings (SSSR count). The second-order valence-electron chi connectivity index (χ2n) is 7.51. The summed E-state index contributed by atoms with van der Waals surface area (Å²) in [4.78, 5) is 18.2. The molecule has 9 nitrogen and oxygen atoms in total. The molecule has 0 unspecified atom stereocenters. The average Bonchev–Trinajstić information content (AvgIpc) is 3.21. The van der Waals surface area contributed by atoms with Crippen LogP contribution in [0.1, 0.15) is 26.5 Å². The van der Waals surface area contributed by atoms with Gasteiger partial charge in [0, 0.05) is 19.8 Å². The highest BCUT2D eigenvalue weighted by molar-refractivity contribution is 5.67. The lowest BCUT2D eigenvalue weighted by molar-refractivity contribution is 0.569. The number of nitrogens with zero attached hydrogens (tertiary/aromatic N) is 6. The van der Waals surface area contributed by atoms with E-state index in [0.29, 0.717) is 22.9 Å². The quantitative estimate of drug-likeness (QED) is 0.525. The number of benzene rings is 1. The van der Waals surface area contributed by atoms with Crippen LogP contribution < -0.4 is 10.5 Å². The number of aromatic amines is 2. The van der Waals surface area contributed by atoms with Gasteiger partial charge in [-0.05, 0) is 17.5 Å². The van der Waals surface area contributed by atoms with Gasteiger partial charge in [-0.2, -0.15) is 5.10 Å². The minimum atomic E-state index is -0.338. The molecule has 2 aromatic heterocycles. The monoisotopic (exact) mass is 378 g/mol. The molecule has 0 saturated heterocycles. The minimum Gasteiger partial charge on any atom is -0.361 e. The zero-order valence-corrected chi connectivity index (χ0v) is 16.5. The molecule has 0 amide bonds. The molecule has 0 saturated carbocycles. The van der Waals surface area contributed by atoms with E-state index in [1.165, 1.54) is 4.68 Å². The van der Waals surface area contributed by atoms with Crippen molar-refractivity contribution in [2.24, 2.45) is 10.2 Å². The van der Waals surface area contributed by atoms with Crippen molar-refractivity contribution in [3.63, 3.8) is 0 Å². The molecule has 1 aromatic carbocycles. The lowest BCUT2D eigenvalue weighted by Crippen LogP contribution is -2.13. The Bertz CT molecular complexity index is 1100. The molecular weight excluding hydrogens is 356 g/mol. The van der Waals surface area contributed by atoms with E-state index in [2.05, 4.69) is 30.4 Å². The molecule has 0 atom stereocenters. The van der Waals surface area contributed by atoms with E-state index in [4.69, 9.17) is 6.57 Å². The smallest absolute Gasteiger partial charge is 0.301 e. The lowest BCUT2D eigenvalue weighted by Gasteiger charge is -2.16. The highest BCUT2D eigenvalue weighted by Gasteiger charge is 2.24. The summed E-state index contributed by atoms with van der Waals surface area (Å²) in [5.74, 6) is 0.671. The predicted octanol–water partition coefficient (Wildman–Crippen LogP) is 4.22. The van der Waals surface area contributed by atoms with Crippen LogP contribution >= 0.6 is 0 Å². The summed E-state index contributed by atoms with van der Waals surface area (Å²) in [6, 6.07) is 9.20. The Hall–Kier alpha value is -3.67. The van der Waals surface area contributed by atoms with Crippen LogP contribution in [0, 0.1) is 6.57 Å². The van der Waals surface area contributed by atoms with Crippen molar-refractivity contribution < 1.29 is 0 Å². The Morgan fingerprint density at radius 1 is 1.18 bits per heavy atom. The minimum absolute atomic E-state index is 0.144. The van der Waals surface area contributed by atoms with Crippen LogP contribution in [0.2, 0.25) is 0 Å². The van der Waals surface area contributed by atoms with E-state index in [9.17, 15) is 4.79 Å². The summed E-state index contributed by atoms with van der Waals surface area (Å²) in [6.45, 7) is 13.4. The molecule has 3 aromatic rings. The fourth-order valence-corrected chi connectivity index (χ4v) is 2.70. The van der Waals surface area contributed by atoms with Gasteiger partial charge in [0.1, 0.15) is 0 Å². The van der Waals surface area contributed by atoms with Crippen LogP contribution in [0.3, 0.4) is 0 Å². The third-order valence-electron chi connectivity index (χ3n) is 4.14. The molecule has 2 N–H and O–H groups in total. The van der Waals surface area contributed by atoms with E-state index in [0.717, 1.165) is 0 Å². The van der Waals surface area contributed by atoms with Gasteiger partial charge in [0.15, 0.2) is 11.5 Å². The maximum atomic E-state index is 12.9. The van der Waals surface area contributed by atoms with Crippen LogP contribution in [-0.2, 0) is 5.41 Å². The summed E-state index contributed by atoms with van der Waals surface area (Å²) in [5.41, 5.74) is 1.19. The summed E-state index contributed by atoms with van der Waals surface area (Å²) in [5, 5.41) is 18.3. The van der Waals surface area contributed by atoms with Crippen molar-refractivity contribution in [1.29, 1.82) is 0 Å². The van der Waals surface area contributed by atoms with Crippen molar-refractivity contribution >= 4 is 23.0 Å². The van der Waals surface area contributed by atoms with Gasteiger partial charge in [-0.1, -0.05) is 39.0 Å². The molecule has 28 heavy (non-hydrogen) atoms. The van der Waals surface area contributed by atoms with Gasteiger partial charge in [0.25, 0.3) is 5.69 Å². The van der Waals surface area contributed by atoms with Crippen molar-refractivity contribution in [3.8, 4) is 5.69 Å².